The lowest BCUT2D eigenvalue weighted by molar-refractivity contribution is -0.115. The molecule has 1 heterocycles. The van der Waals surface area contributed by atoms with Crippen LogP contribution in [-0.4, -0.2) is 10.9 Å². The number of carbonyl (C=O) groups excluding carboxylic acids is 1. The van der Waals surface area contributed by atoms with Crippen LogP contribution in [0.3, 0.4) is 0 Å². The van der Waals surface area contributed by atoms with Crippen LogP contribution < -0.4 is 5.32 Å². The van der Waals surface area contributed by atoms with E-state index in [0.717, 1.165) is 10.6 Å². The lowest BCUT2D eigenvalue weighted by Crippen LogP contribution is -2.13. The molecule has 0 radical (unpaired) electrons. The molecule has 0 aliphatic rings. The number of hydrogen-bond donors (Lipinski definition) is 1. The number of amides is 1. The minimum Gasteiger partial charge on any atom is -0.316 e. The Morgan fingerprint density at radius 3 is 2.80 bits per heavy atom. The van der Waals surface area contributed by atoms with Crippen LogP contribution in [-0.2, 0) is 11.2 Å². The summed E-state index contributed by atoms with van der Waals surface area (Å²) < 4.78 is 0. The average molecular weight is 218 g/mol. The summed E-state index contributed by atoms with van der Waals surface area (Å²) in [6, 6.07) is 9.66. The summed E-state index contributed by atoms with van der Waals surface area (Å²) in [7, 11) is 0. The zero-order chi connectivity index (χ0) is 10.5. The number of carbonyl (C=O) groups is 1. The maximum Gasteiger partial charge on any atom is 0.229 e. The summed E-state index contributed by atoms with van der Waals surface area (Å²) in [6.07, 6.45) is 2.05. The van der Waals surface area contributed by atoms with Crippen molar-refractivity contribution >= 4 is 22.2 Å². The summed E-state index contributed by atoms with van der Waals surface area (Å²) in [5, 5.41) is 3.58. The van der Waals surface area contributed by atoms with Gasteiger partial charge in [-0.3, -0.25) is 9.78 Å². The molecule has 1 N–H and O–H groups in total. The van der Waals surface area contributed by atoms with Gasteiger partial charge in [0.25, 0.3) is 0 Å². The Hall–Kier alpha value is -1.68. The normalized spacial score (nSPS) is 9.87. The van der Waals surface area contributed by atoms with Gasteiger partial charge in [0.2, 0.25) is 5.91 Å². The maximum atomic E-state index is 11.5. The number of thiazole rings is 1. The monoisotopic (exact) mass is 218 g/mol. The van der Waals surface area contributed by atoms with Crippen molar-refractivity contribution in [2.75, 3.05) is 5.32 Å². The molecule has 3 nitrogen and oxygen atoms in total. The molecule has 0 fully saturated rings. The topological polar surface area (TPSA) is 42.0 Å². The van der Waals surface area contributed by atoms with E-state index < -0.39 is 0 Å². The minimum absolute atomic E-state index is 0.00884. The Morgan fingerprint density at radius 2 is 2.13 bits per heavy atom. The van der Waals surface area contributed by atoms with Gasteiger partial charge in [0.15, 0.2) is 0 Å². The summed E-state index contributed by atoms with van der Waals surface area (Å²) >= 11 is 1.42. The third-order valence-corrected chi connectivity index (χ3v) is 2.59. The van der Waals surface area contributed by atoms with Crippen molar-refractivity contribution in [3.05, 3.63) is 47.6 Å². The highest BCUT2D eigenvalue weighted by atomic mass is 32.1. The van der Waals surface area contributed by atoms with Crippen molar-refractivity contribution in [2.45, 2.75) is 6.42 Å². The van der Waals surface area contributed by atoms with Crippen molar-refractivity contribution in [2.24, 2.45) is 0 Å². The SMILES string of the molecule is O=C(Cc1ccccc1)Nc1cncs1. The number of anilines is 1. The van der Waals surface area contributed by atoms with Crippen LogP contribution in [0.15, 0.2) is 42.0 Å². The molecule has 0 bridgehead atoms. The van der Waals surface area contributed by atoms with Crippen molar-refractivity contribution in [1.29, 1.82) is 0 Å². The Balaban J connectivity index is 1.94. The average Bonchev–Trinajstić information content (AvgIpc) is 2.71. The fourth-order valence-corrected chi connectivity index (χ4v) is 1.77. The number of benzene rings is 1. The fourth-order valence-electron chi connectivity index (χ4n) is 1.24. The molecule has 4 heteroatoms. The van der Waals surface area contributed by atoms with Gasteiger partial charge in [0, 0.05) is 0 Å². The molecule has 0 unspecified atom stereocenters. The van der Waals surface area contributed by atoms with Crippen molar-refractivity contribution < 1.29 is 4.79 Å². The third kappa shape index (κ3) is 2.89. The van der Waals surface area contributed by atoms with E-state index in [1.54, 1.807) is 11.7 Å². The molecule has 2 aromatic rings. The quantitative estimate of drug-likeness (QED) is 0.859. The largest absolute Gasteiger partial charge is 0.316 e. The van der Waals surface area contributed by atoms with E-state index in [2.05, 4.69) is 10.3 Å². The molecule has 1 aromatic heterocycles. The molecule has 1 amide bonds. The maximum absolute atomic E-state index is 11.5. The fraction of sp³-hybridized carbons (Fsp3) is 0.0909. The van der Waals surface area contributed by atoms with Crippen LogP contribution in [0.1, 0.15) is 5.56 Å². The second-order valence-corrected chi connectivity index (χ2v) is 3.96. The van der Waals surface area contributed by atoms with E-state index in [-0.39, 0.29) is 5.91 Å². The zero-order valence-corrected chi connectivity index (χ0v) is 8.83. The van der Waals surface area contributed by atoms with Gasteiger partial charge in [-0.2, -0.15) is 0 Å². The first-order chi connectivity index (χ1) is 7.34. The molecule has 0 atom stereocenters. The van der Waals surface area contributed by atoms with Crippen molar-refractivity contribution in [3.63, 3.8) is 0 Å². The van der Waals surface area contributed by atoms with Gasteiger partial charge < -0.3 is 5.32 Å². The molecule has 2 rings (SSSR count). The smallest absolute Gasteiger partial charge is 0.229 e. The van der Waals surface area contributed by atoms with Crippen LogP contribution in [0, 0.1) is 0 Å². The van der Waals surface area contributed by atoms with E-state index in [0.29, 0.717) is 6.42 Å². The van der Waals surface area contributed by atoms with Gasteiger partial charge in [-0.05, 0) is 5.56 Å². The molecule has 1 aromatic carbocycles. The Labute approximate surface area is 91.8 Å². The zero-order valence-electron chi connectivity index (χ0n) is 8.01. The number of hydrogen-bond acceptors (Lipinski definition) is 3. The van der Waals surface area contributed by atoms with Crippen LogP contribution in [0.2, 0.25) is 0 Å². The van der Waals surface area contributed by atoms with Crippen LogP contribution in [0.4, 0.5) is 5.00 Å². The van der Waals surface area contributed by atoms with Gasteiger partial charge in [0.1, 0.15) is 5.00 Å². The highest BCUT2D eigenvalue weighted by Gasteiger charge is 2.03. The van der Waals surface area contributed by atoms with Crippen LogP contribution in [0.25, 0.3) is 0 Å². The lowest BCUT2D eigenvalue weighted by atomic mass is 10.1. The lowest BCUT2D eigenvalue weighted by Gasteiger charge is -2.01. The van der Waals surface area contributed by atoms with Gasteiger partial charge in [0.05, 0.1) is 18.1 Å². The van der Waals surface area contributed by atoms with E-state index in [9.17, 15) is 4.79 Å². The van der Waals surface area contributed by atoms with Gasteiger partial charge in [-0.15, -0.1) is 11.3 Å². The summed E-state index contributed by atoms with van der Waals surface area (Å²) in [6.45, 7) is 0. The van der Waals surface area contributed by atoms with Gasteiger partial charge in [-0.25, -0.2) is 0 Å². The highest BCUT2D eigenvalue weighted by molar-refractivity contribution is 7.13. The minimum atomic E-state index is -0.00884. The molecule has 0 saturated carbocycles. The molecule has 0 aliphatic heterocycles. The standard InChI is InChI=1S/C11H10N2OS/c14-10(13-11-7-12-8-15-11)6-9-4-2-1-3-5-9/h1-5,7-8H,6H2,(H,13,14). The Morgan fingerprint density at radius 1 is 1.33 bits per heavy atom. The highest BCUT2D eigenvalue weighted by Crippen LogP contribution is 2.12. The second-order valence-electron chi connectivity index (χ2n) is 3.08. The summed E-state index contributed by atoms with van der Waals surface area (Å²) in [5.74, 6) is -0.00884. The molecule has 76 valence electrons. The Bertz CT molecular complexity index is 425. The van der Waals surface area contributed by atoms with E-state index in [4.69, 9.17) is 0 Å². The van der Waals surface area contributed by atoms with Crippen molar-refractivity contribution in [3.8, 4) is 0 Å². The molecule has 15 heavy (non-hydrogen) atoms. The predicted molar refractivity (Wildman–Crippen MR) is 60.9 cm³/mol. The summed E-state index contributed by atoms with van der Waals surface area (Å²) in [5.41, 5.74) is 2.71. The van der Waals surface area contributed by atoms with E-state index in [1.807, 2.05) is 30.3 Å². The molecular formula is C11H10N2OS. The number of aromatic nitrogens is 1. The van der Waals surface area contributed by atoms with Crippen molar-refractivity contribution in [1.82, 2.24) is 4.98 Å². The first-order valence-electron chi connectivity index (χ1n) is 4.57. The van der Waals surface area contributed by atoms with Gasteiger partial charge in [-0.1, -0.05) is 30.3 Å². The summed E-state index contributed by atoms with van der Waals surface area (Å²) in [4.78, 5) is 15.4. The number of nitrogens with one attached hydrogen (secondary N) is 1. The molecular weight excluding hydrogens is 208 g/mol. The van der Waals surface area contributed by atoms with E-state index >= 15 is 0 Å². The first-order valence-corrected chi connectivity index (χ1v) is 5.45. The Kier molecular flexibility index (Phi) is 3.09. The number of nitrogens with zero attached hydrogens (tertiary/aromatic N) is 1. The van der Waals surface area contributed by atoms with Crippen LogP contribution >= 0.6 is 11.3 Å². The number of rotatable bonds is 3. The van der Waals surface area contributed by atoms with Gasteiger partial charge >= 0.3 is 0 Å². The van der Waals surface area contributed by atoms with E-state index in [1.165, 1.54) is 11.3 Å². The predicted octanol–water partition coefficient (Wildman–Crippen LogP) is 2.32. The first kappa shape index (κ1) is 9.86. The van der Waals surface area contributed by atoms with Crippen LogP contribution in [0.5, 0.6) is 0 Å². The molecule has 0 saturated heterocycles. The third-order valence-electron chi connectivity index (χ3n) is 1.90. The second kappa shape index (κ2) is 4.70. The molecule has 0 aliphatic carbocycles. The molecule has 0 spiro atoms.